The van der Waals surface area contributed by atoms with Crippen LogP contribution in [0.1, 0.15) is 49.2 Å². The molecule has 0 saturated heterocycles. The quantitative estimate of drug-likeness (QED) is 0.197. The number of aromatic nitrogens is 3. The summed E-state index contributed by atoms with van der Waals surface area (Å²) in [7, 11) is -2.10. The molecule has 0 aliphatic rings. The van der Waals surface area contributed by atoms with Gasteiger partial charge in [-0.2, -0.15) is 13.2 Å². The predicted octanol–water partition coefficient (Wildman–Crippen LogP) is 8.28. The summed E-state index contributed by atoms with van der Waals surface area (Å²) in [5.74, 6) is -0.475. The molecule has 214 valence electrons. The Morgan fingerprint density at radius 2 is 1.68 bits per heavy atom. The second-order valence-electron chi connectivity index (χ2n) is 11.6. The molecule has 0 atom stereocenters. The predicted molar refractivity (Wildman–Crippen MR) is 154 cm³/mol. The molecule has 10 heteroatoms. The third kappa shape index (κ3) is 5.88. The Balaban J connectivity index is 1.60. The van der Waals surface area contributed by atoms with Crippen LogP contribution < -0.4 is 4.43 Å². The first kappa shape index (κ1) is 28.5. The van der Waals surface area contributed by atoms with Crippen molar-refractivity contribution in [2.75, 3.05) is 0 Å². The van der Waals surface area contributed by atoms with Crippen LogP contribution in [-0.2, 0) is 19.0 Å². The third-order valence-electron chi connectivity index (χ3n) is 7.58. The SMILES string of the molecule is CC(C)(C)[Si](C)(C)Oc1cccc(-c2ncc3nc(Cc4ccc(C(F)(F)F)o4)c(O)n3c2Cc2ccccc2)c1. The average Bonchev–Trinajstić information content (AvgIpc) is 3.49. The van der Waals surface area contributed by atoms with Crippen molar-refractivity contribution in [1.29, 1.82) is 0 Å². The fourth-order valence-corrected chi connectivity index (χ4v) is 5.41. The van der Waals surface area contributed by atoms with Crippen molar-refractivity contribution in [1.82, 2.24) is 14.4 Å². The first-order valence-corrected chi connectivity index (χ1v) is 16.2. The first-order chi connectivity index (χ1) is 19.2. The number of imidazole rings is 1. The fourth-order valence-electron chi connectivity index (χ4n) is 4.39. The van der Waals surface area contributed by atoms with E-state index in [0.29, 0.717) is 23.5 Å². The molecule has 0 fully saturated rings. The maximum Gasteiger partial charge on any atom is 0.449 e. The molecular formula is C31H32F3N3O3Si. The van der Waals surface area contributed by atoms with E-state index in [2.05, 4.69) is 38.8 Å². The number of fused-ring (bicyclic) bond motifs is 1. The van der Waals surface area contributed by atoms with E-state index in [-0.39, 0.29) is 28.8 Å². The molecule has 41 heavy (non-hydrogen) atoms. The van der Waals surface area contributed by atoms with Gasteiger partial charge >= 0.3 is 6.18 Å². The van der Waals surface area contributed by atoms with Crippen LogP contribution in [0.5, 0.6) is 11.6 Å². The molecule has 3 heterocycles. The zero-order valence-corrected chi connectivity index (χ0v) is 24.6. The van der Waals surface area contributed by atoms with Crippen LogP contribution >= 0.6 is 0 Å². The highest BCUT2D eigenvalue weighted by Crippen LogP contribution is 2.39. The monoisotopic (exact) mass is 579 g/mol. The van der Waals surface area contributed by atoms with Crippen LogP contribution in [-0.4, -0.2) is 27.8 Å². The Hall–Kier alpha value is -4.05. The number of rotatable bonds is 7. The topological polar surface area (TPSA) is 72.8 Å². The van der Waals surface area contributed by atoms with E-state index in [0.717, 1.165) is 22.9 Å². The lowest BCUT2D eigenvalue weighted by Gasteiger charge is -2.36. The van der Waals surface area contributed by atoms with Crippen LogP contribution in [0, 0.1) is 0 Å². The highest BCUT2D eigenvalue weighted by atomic mass is 28.4. The van der Waals surface area contributed by atoms with Crippen LogP contribution in [0.4, 0.5) is 13.2 Å². The standard InChI is InChI=1S/C31H32F3N3O3Si/c1-30(2,3)41(4,5)40-23-13-9-12-21(17-23)28-25(16-20-10-7-6-8-11-20)37-27(19-35-28)36-24(29(37)38)18-22-14-15-26(39-22)31(32,33)34/h6-15,17,19,38H,16,18H2,1-5H3. The minimum absolute atomic E-state index is 0.0203. The van der Waals surface area contributed by atoms with E-state index in [1.54, 1.807) is 10.6 Å². The average molecular weight is 580 g/mol. The van der Waals surface area contributed by atoms with E-state index < -0.39 is 20.3 Å². The first-order valence-electron chi connectivity index (χ1n) is 13.3. The zero-order valence-electron chi connectivity index (χ0n) is 23.6. The highest BCUT2D eigenvalue weighted by molar-refractivity contribution is 6.74. The zero-order chi connectivity index (χ0) is 29.6. The molecule has 0 aliphatic heterocycles. The summed E-state index contributed by atoms with van der Waals surface area (Å²) in [5, 5.41) is 11.4. The van der Waals surface area contributed by atoms with E-state index in [9.17, 15) is 18.3 Å². The van der Waals surface area contributed by atoms with Gasteiger partial charge in [-0.25, -0.2) is 4.98 Å². The molecule has 2 aromatic carbocycles. The number of hydrogen-bond acceptors (Lipinski definition) is 5. The Morgan fingerprint density at radius 1 is 0.951 bits per heavy atom. The van der Waals surface area contributed by atoms with Gasteiger partial charge in [0.1, 0.15) is 17.2 Å². The summed E-state index contributed by atoms with van der Waals surface area (Å²) in [4.78, 5) is 9.25. The second kappa shape index (κ2) is 10.4. The van der Waals surface area contributed by atoms with Crippen molar-refractivity contribution in [2.45, 2.75) is 57.9 Å². The molecular weight excluding hydrogens is 547 g/mol. The molecule has 0 spiro atoms. The number of hydrogen-bond donors (Lipinski definition) is 1. The van der Waals surface area contributed by atoms with Crippen LogP contribution in [0.2, 0.25) is 18.1 Å². The highest BCUT2D eigenvalue weighted by Gasteiger charge is 2.39. The third-order valence-corrected chi connectivity index (χ3v) is 11.9. The van der Waals surface area contributed by atoms with Crippen LogP contribution in [0.25, 0.3) is 16.9 Å². The largest absolute Gasteiger partial charge is 0.543 e. The molecule has 0 unspecified atom stereocenters. The maximum atomic E-state index is 13.1. The van der Waals surface area contributed by atoms with Gasteiger partial charge < -0.3 is 13.9 Å². The molecule has 0 radical (unpaired) electrons. The van der Waals surface area contributed by atoms with Gasteiger partial charge in [0.15, 0.2) is 5.65 Å². The summed E-state index contributed by atoms with van der Waals surface area (Å²) in [6, 6.07) is 19.6. The maximum absolute atomic E-state index is 13.1. The molecule has 0 saturated carbocycles. The summed E-state index contributed by atoms with van der Waals surface area (Å²) in [5.41, 5.74) is 3.69. The number of halogens is 3. The van der Waals surface area contributed by atoms with E-state index in [4.69, 9.17) is 13.8 Å². The number of alkyl halides is 3. The molecule has 5 rings (SSSR count). The molecule has 5 aromatic rings. The minimum Gasteiger partial charge on any atom is -0.543 e. The summed E-state index contributed by atoms with van der Waals surface area (Å²) in [6.45, 7) is 10.9. The lowest BCUT2D eigenvalue weighted by Crippen LogP contribution is -2.43. The molecule has 1 N–H and O–H groups in total. The van der Waals surface area contributed by atoms with Gasteiger partial charge in [-0.3, -0.25) is 9.38 Å². The van der Waals surface area contributed by atoms with Crippen molar-refractivity contribution in [2.24, 2.45) is 0 Å². The molecule has 0 amide bonds. The summed E-state index contributed by atoms with van der Waals surface area (Å²) >= 11 is 0. The van der Waals surface area contributed by atoms with E-state index in [1.165, 1.54) is 6.07 Å². The molecule has 6 nitrogen and oxygen atoms in total. The Labute approximate surface area is 237 Å². The van der Waals surface area contributed by atoms with Crippen molar-refractivity contribution >= 4 is 14.0 Å². The van der Waals surface area contributed by atoms with Crippen LogP contribution in [0.15, 0.2) is 77.3 Å². The second-order valence-corrected chi connectivity index (χ2v) is 16.3. The fraction of sp³-hybridized carbons (Fsp3) is 0.290. The van der Waals surface area contributed by atoms with Crippen LogP contribution in [0.3, 0.4) is 0 Å². The number of furan rings is 1. The Kier molecular flexibility index (Phi) is 7.23. The Morgan fingerprint density at radius 3 is 2.34 bits per heavy atom. The Bertz CT molecular complexity index is 1690. The lowest BCUT2D eigenvalue weighted by molar-refractivity contribution is -0.153. The van der Waals surface area contributed by atoms with Gasteiger partial charge in [0.2, 0.25) is 20.0 Å². The molecule has 3 aromatic heterocycles. The van der Waals surface area contributed by atoms with Gasteiger partial charge in [-0.1, -0.05) is 63.2 Å². The van der Waals surface area contributed by atoms with Gasteiger partial charge in [0.25, 0.3) is 0 Å². The minimum atomic E-state index is -4.59. The van der Waals surface area contributed by atoms with Gasteiger partial charge in [-0.15, -0.1) is 0 Å². The van der Waals surface area contributed by atoms with Gasteiger partial charge in [-0.05, 0) is 48.0 Å². The number of nitrogens with zero attached hydrogens (tertiary/aromatic N) is 3. The molecule has 0 bridgehead atoms. The number of benzene rings is 2. The number of aromatic hydroxyl groups is 1. The van der Waals surface area contributed by atoms with Gasteiger partial charge in [0.05, 0.1) is 24.0 Å². The smallest absolute Gasteiger partial charge is 0.449 e. The van der Waals surface area contributed by atoms with E-state index >= 15 is 0 Å². The van der Waals surface area contributed by atoms with Crippen molar-refractivity contribution < 1.29 is 27.1 Å². The normalized spacial score (nSPS) is 12.7. The van der Waals surface area contributed by atoms with E-state index in [1.807, 2.05) is 54.6 Å². The van der Waals surface area contributed by atoms with Crippen molar-refractivity contribution in [3.63, 3.8) is 0 Å². The lowest BCUT2D eigenvalue weighted by atomic mass is 10.0. The molecule has 0 aliphatic carbocycles. The van der Waals surface area contributed by atoms with Crippen molar-refractivity contribution in [3.8, 4) is 22.9 Å². The summed E-state index contributed by atoms with van der Waals surface area (Å²) in [6.07, 6.45) is -2.73. The summed E-state index contributed by atoms with van der Waals surface area (Å²) < 4.78 is 52.3. The van der Waals surface area contributed by atoms with Gasteiger partial charge in [0, 0.05) is 12.0 Å². The van der Waals surface area contributed by atoms with Crippen molar-refractivity contribution in [3.05, 3.63) is 101 Å².